The summed E-state index contributed by atoms with van der Waals surface area (Å²) >= 11 is 0. The molecule has 1 unspecified atom stereocenters. The quantitative estimate of drug-likeness (QED) is 0.794. The van der Waals surface area contributed by atoms with Crippen LogP contribution >= 0.6 is 0 Å². The summed E-state index contributed by atoms with van der Waals surface area (Å²) in [6, 6.07) is 16.4. The van der Waals surface area contributed by atoms with E-state index in [1.54, 1.807) is 31.4 Å². The van der Waals surface area contributed by atoms with Gasteiger partial charge in [-0.3, -0.25) is 4.79 Å². The number of carbonyl (C=O) groups excluding carboxylic acids is 2. The van der Waals surface area contributed by atoms with E-state index in [0.29, 0.717) is 17.9 Å². The zero-order valence-corrected chi connectivity index (χ0v) is 13.8. The maximum absolute atomic E-state index is 11.9. The lowest BCUT2D eigenvalue weighted by Gasteiger charge is -2.13. The molecule has 0 aliphatic rings. The number of ether oxygens (including phenoxy) is 2. The first-order valence-corrected chi connectivity index (χ1v) is 7.73. The summed E-state index contributed by atoms with van der Waals surface area (Å²) in [5.41, 5.74) is 1.52. The third kappa shape index (κ3) is 5.12. The molecule has 1 atom stereocenters. The normalized spacial score (nSPS) is 11.4. The predicted molar refractivity (Wildman–Crippen MR) is 91.1 cm³/mol. The Morgan fingerprint density at radius 1 is 1.04 bits per heavy atom. The lowest BCUT2D eigenvalue weighted by Crippen LogP contribution is -2.31. The first kappa shape index (κ1) is 17.5. The smallest absolute Gasteiger partial charge is 0.338 e. The summed E-state index contributed by atoms with van der Waals surface area (Å²) in [7, 11) is 1.55. The molecule has 2 aromatic rings. The van der Waals surface area contributed by atoms with Crippen molar-refractivity contribution in [2.45, 2.75) is 12.8 Å². The van der Waals surface area contributed by atoms with Crippen LogP contribution < -0.4 is 10.1 Å². The van der Waals surface area contributed by atoms with Crippen molar-refractivity contribution in [2.75, 3.05) is 20.3 Å². The minimum atomic E-state index is -0.538. The van der Waals surface area contributed by atoms with Gasteiger partial charge in [0.2, 0.25) is 0 Å². The van der Waals surface area contributed by atoms with Gasteiger partial charge in [-0.1, -0.05) is 37.3 Å². The lowest BCUT2D eigenvalue weighted by molar-refractivity contribution is -0.124. The maximum Gasteiger partial charge on any atom is 0.338 e. The minimum absolute atomic E-state index is 0.187. The Labute approximate surface area is 141 Å². The molecule has 2 aromatic carbocycles. The Morgan fingerprint density at radius 3 is 2.33 bits per heavy atom. The Hall–Kier alpha value is -2.82. The van der Waals surface area contributed by atoms with Gasteiger partial charge in [-0.25, -0.2) is 4.79 Å². The Kier molecular flexibility index (Phi) is 6.37. The number of nitrogens with one attached hydrogen (secondary N) is 1. The lowest BCUT2D eigenvalue weighted by atomic mass is 10.0. The molecule has 0 bridgehead atoms. The molecule has 0 fully saturated rings. The summed E-state index contributed by atoms with van der Waals surface area (Å²) in [4.78, 5) is 23.7. The molecule has 0 heterocycles. The van der Waals surface area contributed by atoms with Crippen molar-refractivity contribution in [3.05, 3.63) is 65.7 Å². The highest BCUT2D eigenvalue weighted by molar-refractivity contribution is 5.91. The second kappa shape index (κ2) is 8.72. The highest BCUT2D eigenvalue weighted by Crippen LogP contribution is 2.13. The number of methoxy groups -OCH3 is 1. The summed E-state index contributed by atoms with van der Waals surface area (Å²) in [6.45, 7) is 2.22. The SMILES string of the molecule is COc1ccc(C(=O)OCC(=O)NCC(C)c2ccccc2)cc1. The van der Waals surface area contributed by atoms with Crippen molar-refractivity contribution in [1.82, 2.24) is 5.32 Å². The number of carbonyl (C=O) groups is 2. The summed E-state index contributed by atoms with van der Waals surface area (Å²) in [5, 5.41) is 2.77. The zero-order chi connectivity index (χ0) is 17.4. The van der Waals surface area contributed by atoms with Crippen LogP contribution in [-0.2, 0) is 9.53 Å². The van der Waals surface area contributed by atoms with Crippen LogP contribution in [0.1, 0.15) is 28.8 Å². The average molecular weight is 327 g/mol. The summed E-state index contributed by atoms with van der Waals surface area (Å²) in [5.74, 6) is -0.0183. The van der Waals surface area contributed by atoms with Gasteiger partial charge in [0.15, 0.2) is 6.61 Å². The first-order chi connectivity index (χ1) is 11.6. The number of hydrogen-bond donors (Lipinski definition) is 1. The van der Waals surface area contributed by atoms with E-state index in [1.807, 2.05) is 37.3 Å². The van der Waals surface area contributed by atoms with Crippen molar-refractivity contribution in [3.63, 3.8) is 0 Å². The summed E-state index contributed by atoms with van der Waals surface area (Å²) < 4.78 is 10.0. The molecule has 0 spiro atoms. The van der Waals surface area contributed by atoms with Crippen molar-refractivity contribution in [3.8, 4) is 5.75 Å². The number of amides is 1. The number of esters is 1. The first-order valence-electron chi connectivity index (χ1n) is 7.73. The molecule has 0 aliphatic carbocycles. The van der Waals surface area contributed by atoms with E-state index in [0.717, 1.165) is 5.56 Å². The molecular formula is C19H21NO4. The predicted octanol–water partition coefficient (Wildman–Crippen LogP) is 2.77. The standard InChI is InChI=1S/C19H21NO4/c1-14(15-6-4-3-5-7-15)12-20-18(21)13-24-19(22)16-8-10-17(23-2)11-9-16/h3-11,14H,12-13H2,1-2H3,(H,20,21). The van der Waals surface area contributed by atoms with Gasteiger partial charge in [-0.15, -0.1) is 0 Å². The molecule has 24 heavy (non-hydrogen) atoms. The number of rotatable bonds is 7. The zero-order valence-electron chi connectivity index (χ0n) is 13.8. The third-order valence-corrected chi connectivity index (χ3v) is 3.63. The molecule has 1 amide bonds. The van der Waals surface area contributed by atoms with Crippen LogP contribution in [0.3, 0.4) is 0 Å². The van der Waals surface area contributed by atoms with Crippen LogP contribution in [-0.4, -0.2) is 32.1 Å². The highest BCUT2D eigenvalue weighted by atomic mass is 16.5. The minimum Gasteiger partial charge on any atom is -0.497 e. The summed E-state index contributed by atoms with van der Waals surface area (Å²) in [6.07, 6.45) is 0. The maximum atomic E-state index is 11.9. The van der Waals surface area contributed by atoms with Crippen LogP contribution in [0.15, 0.2) is 54.6 Å². The van der Waals surface area contributed by atoms with Crippen LogP contribution in [0.5, 0.6) is 5.75 Å². The van der Waals surface area contributed by atoms with Gasteiger partial charge in [-0.05, 0) is 35.7 Å². The Balaban J connectivity index is 1.75. The van der Waals surface area contributed by atoms with E-state index >= 15 is 0 Å². The van der Waals surface area contributed by atoms with Gasteiger partial charge in [0.25, 0.3) is 5.91 Å². The molecule has 1 N–H and O–H groups in total. The second-order valence-corrected chi connectivity index (χ2v) is 5.42. The molecule has 126 valence electrons. The van der Waals surface area contributed by atoms with Crippen molar-refractivity contribution >= 4 is 11.9 Å². The molecular weight excluding hydrogens is 306 g/mol. The van der Waals surface area contributed by atoms with Gasteiger partial charge in [0.1, 0.15) is 5.75 Å². The van der Waals surface area contributed by atoms with Gasteiger partial charge in [0, 0.05) is 6.54 Å². The van der Waals surface area contributed by atoms with Gasteiger partial charge >= 0.3 is 5.97 Å². The Morgan fingerprint density at radius 2 is 1.71 bits per heavy atom. The molecule has 2 rings (SSSR count). The van der Waals surface area contributed by atoms with Crippen LogP contribution in [0, 0.1) is 0 Å². The van der Waals surface area contributed by atoms with E-state index < -0.39 is 5.97 Å². The van der Waals surface area contributed by atoms with Gasteiger partial charge < -0.3 is 14.8 Å². The van der Waals surface area contributed by atoms with Gasteiger partial charge in [-0.2, -0.15) is 0 Å². The Bertz CT molecular complexity index is 668. The topological polar surface area (TPSA) is 64.6 Å². The monoisotopic (exact) mass is 327 g/mol. The van der Waals surface area contributed by atoms with E-state index in [4.69, 9.17) is 9.47 Å². The number of hydrogen-bond acceptors (Lipinski definition) is 4. The molecule has 0 aromatic heterocycles. The third-order valence-electron chi connectivity index (χ3n) is 3.63. The fourth-order valence-corrected chi connectivity index (χ4v) is 2.16. The molecule has 0 saturated heterocycles. The van der Waals surface area contributed by atoms with Crippen LogP contribution in [0.4, 0.5) is 0 Å². The van der Waals surface area contributed by atoms with E-state index in [1.165, 1.54) is 0 Å². The van der Waals surface area contributed by atoms with Crippen molar-refractivity contribution in [1.29, 1.82) is 0 Å². The average Bonchev–Trinajstić information content (AvgIpc) is 2.64. The molecule has 5 heteroatoms. The largest absolute Gasteiger partial charge is 0.497 e. The fourth-order valence-electron chi connectivity index (χ4n) is 2.16. The van der Waals surface area contributed by atoms with Crippen molar-refractivity contribution in [2.24, 2.45) is 0 Å². The highest BCUT2D eigenvalue weighted by Gasteiger charge is 2.11. The van der Waals surface area contributed by atoms with Gasteiger partial charge in [0.05, 0.1) is 12.7 Å². The van der Waals surface area contributed by atoms with E-state index in [2.05, 4.69) is 5.32 Å². The molecule has 0 radical (unpaired) electrons. The fraction of sp³-hybridized carbons (Fsp3) is 0.263. The molecule has 5 nitrogen and oxygen atoms in total. The van der Waals surface area contributed by atoms with Crippen LogP contribution in [0.2, 0.25) is 0 Å². The van der Waals surface area contributed by atoms with E-state index in [9.17, 15) is 9.59 Å². The van der Waals surface area contributed by atoms with E-state index in [-0.39, 0.29) is 18.4 Å². The van der Waals surface area contributed by atoms with Crippen LogP contribution in [0.25, 0.3) is 0 Å². The van der Waals surface area contributed by atoms with Crippen molar-refractivity contribution < 1.29 is 19.1 Å². The number of benzene rings is 2. The molecule has 0 saturated carbocycles. The second-order valence-electron chi connectivity index (χ2n) is 5.42. The molecule has 0 aliphatic heterocycles.